The summed E-state index contributed by atoms with van der Waals surface area (Å²) in [6.45, 7) is 0.638. The van der Waals surface area contributed by atoms with Crippen LogP contribution in [0.3, 0.4) is 0 Å². The lowest BCUT2D eigenvalue weighted by atomic mass is 10.0. The third-order valence-corrected chi connectivity index (χ3v) is 4.88. The van der Waals surface area contributed by atoms with Gasteiger partial charge in [0.05, 0.1) is 7.11 Å². The molecule has 6 heteroatoms. The molecule has 3 aromatic rings. The van der Waals surface area contributed by atoms with E-state index in [9.17, 15) is 15.0 Å². The Labute approximate surface area is 176 Å². The van der Waals surface area contributed by atoms with E-state index in [0.717, 1.165) is 16.7 Å². The molecule has 0 aliphatic rings. The van der Waals surface area contributed by atoms with Gasteiger partial charge in [0.15, 0.2) is 6.10 Å². The number of benzene rings is 2. The zero-order valence-corrected chi connectivity index (χ0v) is 16.9. The number of hydrogen-bond donors (Lipinski definition) is 2. The topological polar surface area (TPSA) is 82.9 Å². The molecule has 0 aliphatic heterocycles. The lowest BCUT2D eigenvalue weighted by Gasteiger charge is -2.25. The maximum absolute atomic E-state index is 13.0. The Hall–Kier alpha value is -3.22. The normalized spacial score (nSPS) is 11.7. The fourth-order valence-corrected chi connectivity index (χ4v) is 3.24. The molecule has 6 nitrogen and oxygen atoms in total. The van der Waals surface area contributed by atoms with Gasteiger partial charge in [-0.15, -0.1) is 0 Å². The lowest BCUT2D eigenvalue weighted by molar-refractivity contribution is -0.141. The van der Waals surface area contributed by atoms with Gasteiger partial charge in [-0.1, -0.05) is 36.4 Å². The highest BCUT2D eigenvalue weighted by molar-refractivity contribution is 5.82. The summed E-state index contributed by atoms with van der Waals surface area (Å²) in [7, 11) is 1.59. The Balaban J connectivity index is 1.75. The Morgan fingerprint density at radius 1 is 1.07 bits per heavy atom. The zero-order chi connectivity index (χ0) is 21.3. The van der Waals surface area contributed by atoms with Crippen molar-refractivity contribution in [2.75, 3.05) is 20.3 Å². The van der Waals surface area contributed by atoms with Crippen molar-refractivity contribution >= 4 is 5.91 Å². The SMILES string of the molecule is COc1cccc(CN(CCCO)C(=O)C(O)c2ccc(-c3ccncc3)cc2)c1. The standard InChI is InChI=1S/C24H26N2O4/c1-30-22-5-2-4-18(16-22)17-26(14-3-15-27)24(29)23(28)21-8-6-19(7-9-21)20-10-12-25-13-11-20/h2,4-13,16,23,27-28H,3,14-15,17H2,1H3. The van der Waals surface area contributed by atoms with Crippen LogP contribution >= 0.6 is 0 Å². The predicted molar refractivity (Wildman–Crippen MR) is 115 cm³/mol. The number of rotatable bonds is 9. The van der Waals surface area contributed by atoms with Crippen LogP contribution in [0.2, 0.25) is 0 Å². The van der Waals surface area contributed by atoms with E-state index in [-0.39, 0.29) is 6.61 Å². The molecule has 0 spiro atoms. The summed E-state index contributed by atoms with van der Waals surface area (Å²) >= 11 is 0. The number of ether oxygens (including phenoxy) is 1. The molecular weight excluding hydrogens is 380 g/mol. The number of aliphatic hydroxyl groups is 2. The molecule has 3 rings (SSSR count). The minimum atomic E-state index is -1.28. The average molecular weight is 406 g/mol. The maximum Gasteiger partial charge on any atom is 0.256 e. The molecule has 0 saturated carbocycles. The first-order valence-corrected chi connectivity index (χ1v) is 9.83. The quantitative estimate of drug-likeness (QED) is 0.570. The second-order valence-electron chi connectivity index (χ2n) is 6.95. The number of aliphatic hydroxyl groups excluding tert-OH is 2. The number of aromatic nitrogens is 1. The molecule has 0 bridgehead atoms. The summed E-state index contributed by atoms with van der Waals surface area (Å²) < 4.78 is 5.25. The third-order valence-electron chi connectivity index (χ3n) is 4.88. The van der Waals surface area contributed by atoms with Gasteiger partial charge in [0.25, 0.3) is 5.91 Å². The fraction of sp³-hybridized carbons (Fsp3) is 0.250. The molecule has 156 valence electrons. The first-order valence-electron chi connectivity index (χ1n) is 9.83. The highest BCUT2D eigenvalue weighted by atomic mass is 16.5. The van der Waals surface area contributed by atoms with Crippen LogP contribution in [-0.2, 0) is 11.3 Å². The maximum atomic E-state index is 13.0. The smallest absolute Gasteiger partial charge is 0.256 e. The van der Waals surface area contributed by atoms with Crippen LogP contribution in [-0.4, -0.2) is 46.3 Å². The van der Waals surface area contributed by atoms with Crippen molar-refractivity contribution in [2.24, 2.45) is 0 Å². The molecule has 1 amide bonds. The summed E-state index contributed by atoms with van der Waals surface area (Å²) in [5, 5.41) is 19.9. The molecule has 2 N–H and O–H groups in total. The predicted octanol–water partition coefficient (Wildman–Crippen LogP) is 3.20. The van der Waals surface area contributed by atoms with Crippen LogP contribution in [0.15, 0.2) is 73.1 Å². The minimum absolute atomic E-state index is 0.0292. The average Bonchev–Trinajstić information content (AvgIpc) is 2.81. The number of carbonyl (C=O) groups excluding carboxylic acids is 1. The van der Waals surface area contributed by atoms with Crippen molar-refractivity contribution in [1.82, 2.24) is 9.88 Å². The molecule has 1 atom stereocenters. The van der Waals surface area contributed by atoms with E-state index >= 15 is 0 Å². The van der Waals surface area contributed by atoms with Gasteiger partial charge in [-0.05, 0) is 52.9 Å². The van der Waals surface area contributed by atoms with Crippen LogP contribution in [0.5, 0.6) is 5.75 Å². The van der Waals surface area contributed by atoms with E-state index in [4.69, 9.17) is 4.74 Å². The summed E-state index contributed by atoms with van der Waals surface area (Å²) in [5.74, 6) is 0.303. The second-order valence-corrected chi connectivity index (χ2v) is 6.95. The van der Waals surface area contributed by atoms with E-state index in [1.54, 1.807) is 36.5 Å². The summed E-state index contributed by atoms with van der Waals surface area (Å²) in [6, 6.07) is 18.5. The van der Waals surface area contributed by atoms with Crippen LogP contribution in [0.4, 0.5) is 0 Å². The van der Waals surface area contributed by atoms with Gasteiger partial charge in [-0.25, -0.2) is 0 Å². The number of carbonyl (C=O) groups is 1. The number of hydrogen-bond acceptors (Lipinski definition) is 5. The minimum Gasteiger partial charge on any atom is -0.497 e. The first-order chi connectivity index (χ1) is 14.6. The Morgan fingerprint density at radius 2 is 1.77 bits per heavy atom. The van der Waals surface area contributed by atoms with Crippen LogP contribution in [0, 0.1) is 0 Å². The summed E-state index contributed by atoms with van der Waals surface area (Å²) in [4.78, 5) is 18.6. The fourth-order valence-electron chi connectivity index (χ4n) is 3.24. The molecule has 30 heavy (non-hydrogen) atoms. The van der Waals surface area contributed by atoms with Crippen molar-refractivity contribution in [2.45, 2.75) is 19.1 Å². The van der Waals surface area contributed by atoms with Crippen LogP contribution in [0.1, 0.15) is 23.7 Å². The number of pyridine rings is 1. The largest absolute Gasteiger partial charge is 0.497 e. The summed E-state index contributed by atoms with van der Waals surface area (Å²) in [6.07, 6.45) is 2.60. The van der Waals surface area contributed by atoms with E-state index in [2.05, 4.69) is 4.98 Å². The highest BCUT2D eigenvalue weighted by Gasteiger charge is 2.24. The molecule has 0 fully saturated rings. The van der Waals surface area contributed by atoms with Gasteiger partial charge in [0.1, 0.15) is 5.75 Å². The first kappa shape index (κ1) is 21.5. The highest BCUT2D eigenvalue weighted by Crippen LogP contribution is 2.23. The Bertz CT molecular complexity index is 945. The van der Waals surface area contributed by atoms with Gasteiger partial charge in [-0.3, -0.25) is 9.78 Å². The lowest BCUT2D eigenvalue weighted by Crippen LogP contribution is -2.36. The van der Waals surface area contributed by atoms with Gasteiger partial charge < -0.3 is 19.8 Å². The number of nitrogens with zero attached hydrogens (tertiary/aromatic N) is 2. The van der Waals surface area contributed by atoms with Crippen molar-refractivity contribution < 1.29 is 19.7 Å². The molecule has 0 saturated heterocycles. The van der Waals surface area contributed by atoms with E-state index < -0.39 is 12.0 Å². The van der Waals surface area contributed by atoms with E-state index in [0.29, 0.717) is 30.8 Å². The van der Waals surface area contributed by atoms with Crippen molar-refractivity contribution in [3.63, 3.8) is 0 Å². The van der Waals surface area contributed by atoms with Gasteiger partial charge in [0, 0.05) is 32.1 Å². The van der Waals surface area contributed by atoms with Gasteiger partial charge in [0.2, 0.25) is 0 Å². The number of amides is 1. The van der Waals surface area contributed by atoms with Crippen LogP contribution in [0.25, 0.3) is 11.1 Å². The molecular formula is C24H26N2O4. The molecule has 0 aliphatic carbocycles. The Morgan fingerprint density at radius 3 is 2.43 bits per heavy atom. The van der Waals surface area contributed by atoms with Crippen molar-refractivity contribution in [3.05, 3.63) is 84.2 Å². The second kappa shape index (κ2) is 10.5. The Kier molecular flexibility index (Phi) is 7.54. The molecule has 1 unspecified atom stereocenters. The molecule has 1 aromatic heterocycles. The van der Waals surface area contributed by atoms with Crippen LogP contribution < -0.4 is 4.74 Å². The molecule has 0 radical (unpaired) electrons. The summed E-state index contributed by atoms with van der Waals surface area (Å²) in [5.41, 5.74) is 3.41. The molecule has 2 aromatic carbocycles. The zero-order valence-electron chi connectivity index (χ0n) is 16.9. The van der Waals surface area contributed by atoms with Crippen molar-refractivity contribution in [3.8, 4) is 16.9 Å². The van der Waals surface area contributed by atoms with E-state index in [1.165, 1.54) is 0 Å². The van der Waals surface area contributed by atoms with Gasteiger partial charge >= 0.3 is 0 Å². The number of methoxy groups -OCH3 is 1. The van der Waals surface area contributed by atoms with Gasteiger partial charge in [-0.2, -0.15) is 0 Å². The monoisotopic (exact) mass is 406 g/mol. The van der Waals surface area contributed by atoms with Crippen molar-refractivity contribution in [1.29, 1.82) is 0 Å². The van der Waals surface area contributed by atoms with E-state index in [1.807, 2.05) is 48.5 Å². The molecule has 1 heterocycles. The third kappa shape index (κ3) is 5.43.